The molecular weight excluding hydrogens is 396 g/mol. The molecule has 7 heteroatoms. The second-order valence-electron chi connectivity index (χ2n) is 7.65. The molecule has 1 saturated heterocycles. The number of fused-ring (bicyclic) bond motifs is 1. The largest absolute Gasteiger partial charge is 0.323 e. The summed E-state index contributed by atoms with van der Waals surface area (Å²) in [6.45, 7) is 5.55. The van der Waals surface area contributed by atoms with Gasteiger partial charge in [-0.05, 0) is 36.4 Å². The van der Waals surface area contributed by atoms with Crippen molar-refractivity contribution in [2.45, 2.75) is 6.54 Å². The topological polar surface area (TPSA) is 60.9 Å². The third-order valence-electron chi connectivity index (χ3n) is 5.61. The predicted molar refractivity (Wildman–Crippen MR) is 123 cm³/mol. The molecule has 0 saturated carbocycles. The molecule has 0 bridgehead atoms. The number of hydrogen-bond donors (Lipinski definition) is 1. The Bertz CT molecular complexity index is 1100. The van der Waals surface area contributed by atoms with Crippen molar-refractivity contribution in [3.8, 4) is 22.5 Å². The summed E-state index contributed by atoms with van der Waals surface area (Å²) in [5, 5.41) is 0. The third-order valence-corrected chi connectivity index (χ3v) is 5.61. The first-order valence-electron chi connectivity index (χ1n) is 10.0. The Kier molecular flexibility index (Phi) is 6.08. The van der Waals surface area contributed by atoms with E-state index in [-0.39, 0.29) is 12.4 Å². The predicted octanol–water partition coefficient (Wildman–Crippen LogP) is 3.86. The number of piperazine rings is 1. The molecule has 1 fully saturated rings. The summed E-state index contributed by atoms with van der Waals surface area (Å²) in [6, 6.07) is 14.7. The lowest BCUT2D eigenvalue weighted by Crippen LogP contribution is -2.43. The average molecular weight is 421 g/mol. The van der Waals surface area contributed by atoms with E-state index >= 15 is 0 Å². The van der Waals surface area contributed by atoms with Crippen LogP contribution < -0.4 is 0 Å². The summed E-state index contributed by atoms with van der Waals surface area (Å²) in [5.41, 5.74) is 6.25. The van der Waals surface area contributed by atoms with Gasteiger partial charge in [0.25, 0.3) is 0 Å². The van der Waals surface area contributed by atoms with E-state index in [0.29, 0.717) is 0 Å². The minimum absolute atomic E-state index is 0. The van der Waals surface area contributed by atoms with Crippen molar-refractivity contribution >= 4 is 23.6 Å². The first-order chi connectivity index (χ1) is 14.3. The SMILES string of the molecule is CN1CCN(Cc2ccc(-c3nc4c(-c5ccncc5)ccnc4[nH]3)cc2)CC1.Cl. The van der Waals surface area contributed by atoms with Crippen molar-refractivity contribution in [2.24, 2.45) is 0 Å². The second kappa shape index (κ2) is 8.92. The van der Waals surface area contributed by atoms with Gasteiger partial charge in [0.15, 0.2) is 5.65 Å². The van der Waals surface area contributed by atoms with E-state index in [1.54, 1.807) is 12.4 Å². The summed E-state index contributed by atoms with van der Waals surface area (Å²) in [4.78, 5) is 21.7. The highest BCUT2D eigenvalue weighted by molar-refractivity contribution is 5.91. The number of nitrogens with zero attached hydrogens (tertiary/aromatic N) is 5. The van der Waals surface area contributed by atoms with Gasteiger partial charge in [-0.25, -0.2) is 9.97 Å². The first kappa shape index (κ1) is 20.5. The number of hydrogen-bond acceptors (Lipinski definition) is 5. The lowest BCUT2D eigenvalue weighted by atomic mass is 10.1. The van der Waals surface area contributed by atoms with Gasteiger partial charge < -0.3 is 9.88 Å². The number of aromatic amines is 1. The van der Waals surface area contributed by atoms with Gasteiger partial charge in [0.05, 0.1) is 0 Å². The second-order valence-corrected chi connectivity index (χ2v) is 7.65. The maximum absolute atomic E-state index is 4.86. The van der Waals surface area contributed by atoms with Gasteiger partial charge >= 0.3 is 0 Å². The van der Waals surface area contributed by atoms with Crippen LogP contribution in [0.25, 0.3) is 33.7 Å². The van der Waals surface area contributed by atoms with Crippen LogP contribution in [0.5, 0.6) is 0 Å². The molecule has 1 aliphatic rings. The molecule has 4 aromatic rings. The summed E-state index contributed by atoms with van der Waals surface area (Å²) in [6.07, 6.45) is 5.42. The average Bonchev–Trinajstić information content (AvgIpc) is 3.21. The van der Waals surface area contributed by atoms with Crippen LogP contribution >= 0.6 is 12.4 Å². The lowest BCUT2D eigenvalue weighted by Gasteiger charge is -2.32. The molecule has 1 aromatic carbocycles. The van der Waals surface area contributed by atoms with Crippen LogP contribution in [-0.2, 0) is 6.54 Å². The van der Waals surface area contributed by atoms with Crippen LogP contribution in [0.15, 0.2) is 61.1 Å². The molecule has 154 valence electrons. The molecule has 3 aromatic heterocycles. The van der Waals surface area contributed by atoms with Crippen LogP contribution in [0.4, 0.5) is 0 Å². The van der Waals surface area contributed by atoms with Crippen molar-refractivity contribution < 1.29 is 0 Å². The number of likely N-dealkylation sites (N-methyl/N-ethyl adjacent to an activating group) is 1. The Morgan fingerprint density at radius 3 is 2.33 bits per heavy atom. The molecule has 0 spiro atoms. The summed E-state index contributed by atoms with van der Waals surface area (Å²) in [5.74, 6) is 0.847. The molecule has 5 rings (SSSR count). The van der Waals surface area contributed by atoms with E-state index < -0.39 is 0 Å². The minimum Gasteiger partial charge on any atom is -0.323 e. The van der Waals surface area contributed by atoms with Crippen molar-refractivity contribution in [3.63, 3.8) is 0 Å². The van der Waals surface area contributed by atoms with Gasteiger partial charge in [-0.1, -0.05) is 24.3 Å². The Morgan fingerprint density at radius 1 is 0.867 bits per heavy atom. The number of pyridine rings is 2. The number of benzene rings is 1. The highest BCUT2D eigenvalue weighted by Gasteiger charge is 2.15. The number of imidazole rings is 1. The fourth-order valence-electron chi connectivity index (χ4n) is 3.84. The third kappa shape index (κ3) is 4.21. The van der Waals surface area contributed by atoms with E-state index in [9.17, 15) is 0 Å². The first-order valence-corrected chi connectivity index (χ1v) is 10.0. The molecule has 6 nitrogen and oxygen atoms in total. The number of aromatic nitrogens is 4. The van der Waals surface area contributed by atoms with Gasteiger partial charge in [-0.15, -0.1) is 12.4 Å². The zero-order chi connectivity index (χ0) is 19.6. The molecule has 1 N–H and O–H groups in total. The molecule has 30 heavy (non-hydrogen) atoms. The summed E-state index contributed by atoms with van der Waals surface area (Å²) < 4.78 is 0. The Labute approximate surface area is 182 Å². The maximum Gasteiger partial charge on any atom is 0.158 e. The van der Waals surface area contributed by atoms with E-state index in [4.69, 9.17) is 4.98 Å². The highest BCUT2D eigenvalue weighted by Crippen LogP contribution is 2.28. The Balaban J connectivity index is 0.00000218. The van der Waals surface area contributed by atoms with Crippen molar-refractivity contribution in [2.75, 3.05) is 33.2 Å². The molecule has 0 amide bonds. The van der Waals surface area contributed by atoms with Gasteiger partial charge in [0.2, 0.25) is 0 Å². The van der Waals surface area contributed by atoms with Crippen molar-refractivity contribution in [1.82, 2.24) is 29.7 Å². The van der Waals surface area contributed by atoms with Crippen LogP contribution in [0.2, 0.25) is 0 Å². The molecule has 0 atom stereocenters. The zero-order valence-electron chi connectivity index (χ0n) is 17.0. The van der Waals surface area contributed by atoms with Gasteiger partial charge in [-0.3, -0.25) is 9.88 Å². The van der Waals surface area contributed by atoms with E-state index in [2.05, 4.69) is 56.1 Å². The molecule has 0 radical (unpaired) electrons. The van der Waals surface area contributed by atoms with Crippen LogP contribution in [0.1, 0.15) is 5.56 Å². The van der Waals surface area contributed by atoms with E-state index in [1.165, 1.54) is 5.56 Å². The molecule has 0 aliphatic carbocycles. The van der Waals surface area contributed by atoms with Gasteiger partial charge in [0.1, 0.15) is 11.3 Å². The monoisotopic (exact) mass is 420 g/mol. The minimum atomic E-state index is 0. The standard InChI is InChI=1S/C23H24N6.ClH/c1-28-12-14-29(15-13-28)16-17-2-4-19(5-3-17)22-26-21-20(8-11-25-23(21)27-22)18-6-9-24-10-7-18;/h2-11H,12-16H2,1H3,(H,25,26,27);1H. The van der Waals surface area contributed by atoms with E-state index in [0.717, 1.165) is 66.4 Å². The number of halogens is 1. The van der Waals surface area contributed by atoms with Crippen LogP contribution in [-0.4, -0.2) is 63.0 Å². The molecule has 0 unspecified atom stereocenters. The Morgan fingerprint density at radius 2 is 1.60 bits per heavy atom. The van der Waals surface area contributed by atoms with Crippen molar-refractivity contribution in [3.05, 3.63) is 66.6 Å². The maximum atomic E-state index is 4.86. The molecular formula is C23H25ClN6. The Hall–Kier alpha value is -2.80. The number of H-pyrrole nitrogens is 1. The van der Waals surface area contributed by atoms with Crippen molar-refractivity contribution in [1.29, 1.82) is 0 Å². The number of nitrogens with one attached hydrogen (secondary N) is 1. The fraction of sp³-hybridized carbons (Fsp3) is 0.261. The number of rotatable bonds is 4. The molecule has 4 heterocycles. The van der Waals surface area contributed by atoms with Gasteiger partial charge in [-0.2, -0.15) is 0 Å². The summed E-state index contributed by atoms with van der Waals surface area (Å²) in [7, 11) is 2.19. The highest BCUT2D eigenvalue weighted by atomic mass is 35.5. The quantitative estimate of drug-likeness (QED) is 0.543. The normalized spacial score (nSPS) is 15.2. The smallest absolute Gasteiger partial charge is 0.158 e. The fourth-order valence-corrected chi connectivity index (χ4v) is 3.84. The lowest BCUT2D eigenvalue weighted by molar-refractivity contribution is 0.148. The van der Waals surface area contributed by atoms with Crippen LogP contribution in [0, 0.1) is 0 Å². The van der Waals surface area contributed by atoms with E-state index in [1.807, 2.05) is 24.4 Å². The van der Waals surface area contributed by atoms with Gasteiger partial charge in [0, 0.05) is 62.4 Å². The molecule has 1 aliphatic heterocycles. The summed E-state index contributed by atoms with van der Waals surface area (Å²) >= 11 is 0. The van der Waals surface area contributed by atoms with Crippen LogP contribution in [0.3, 0.4) is 0 Å². The zero-order valence-corrected chi connectivity index (χ0v) is 17.8.